The zero-order chi connectivity index (χ0) is 55.4. The molecule has 0 saturated carbocycles. The van der Waals surface area contributed by atoms with Crippen molar-refractivity contribution in [1.29, 1.82) is 0 Å². The average Bonchev–Trinajstić information content (AvgIpc) is 3.86. The van der Waals surface area contributed by atoms with E-state index in [2.05, 4.69) is 30.9 Å². The number of aryl methyl sites for hydroxylation is 2. The molecule has 0 unspecified atom stereocenters. The minimum Gasteiger partial charge on any atom is -0.542 e. The Kier molecular flexibility index (Phi) is 22.7. The van der Waals surface area contributed by atoms with Gasteiger partial charge in [0.25, 0.3) is 11.7 Å². The number of anilines is 2. The number of aliphatic carboxylic acids is 2. The summed E-state index contributed by atoms with van der Waals surface area (Å²) < 4.78 is 68.0. The molecule has 73 heavy (non-hydrogen) atoms. The van der Waals surface area contributed by atoms with E-state index in [4.69, 9.17) is 25.5 Å². The smallest absolute Gasteiger partial charge is 0.490 e. The molecule has 1 aliphatic heterocycles. The van der Waals surface area contributed by atoms with Crippen molar-refractivity contribution in [1.82, 2.24) is 29.3 Å². The van der Waals surface area contributed by atoms with Crippen LogP contribution < -0.4 is 20.3 Å². The number of piperidine rings is 1. The van der Waals surface area contributed by atoms with Crippen LogP contribution in [0.1, 0.15) is 42.9 Å². The quantitative estimate of drug-likeness (QED) is 0.0232. The fraction of sp³-hybridized carbons (Fsp3) is 0.585. The number of alkyl halides is 6. The highest BCUT2D eigenvalue weighted by atomic mass is 79.9. The molecule has 0 bridgehead atoms. The Morgan fingerprint density at radius 3 is 1.81 bits per heavy atom. The van der Waals surface area contributed by atoms with Gasteiger partial charge in [-0.3, -0.25) is 19.4 Å². The number of aliphatic hydroxyl groups is 10. The van der Waals surface area contributed by atoms with Gasteiger partial charge in [-0.25, -0.2) is 23.9 Å². The van der Waals surface area contributed by atoms with Crippen molar-refractivity contribution in [2.45, 2.75) is 114 Å². The number of aliphatic hydroxyl groups excluding tert-OH is 10. The maximum absolute atomic E-state index is 14.0. The predicted octanol–water partition coefficient (Wildman–Crippen LogP) is -3.54. The van der Waals surface area contributed by atoms with E-state index in [0.29, 0.717) is 53.5 Å². The van der Waals surface area contributed by atoms with Gasteiger partial charge in [-0.05, 0) is 54.8 Å². The number of aromatic nitrogens is 5. The molecule has 2 amide bonds. The number of carboxylic acid groups (broad SMARTS) is 2. The van der Waals surface area contributed by atoms with E-state index >= 15 is 0 Å². The standard InChI is InChI=1S/C37H55BrN9O12.2C2HF3O2/c1-3-46-22-6-5-19(11-23(22)47(4-2)28(46)15-45(18-50)36-34(39)42-35-29(41-36)21(38)12-40-35)37(59)43-9-7-20(8-10-43)44(13-24(51)30(55)32(57)26(53)16-48)14-25(52)31(56)33(58)27(54)17-49;2*3-2(4,5)1(6)7/h5-6,11-12,18,20,24-27,30-33,48-49,51-58H,3-4,7-10,13-17H2,1-2H3,(H3,39,40,42);2*(H,6,7)/q+1;;/p-1/t24-,25-,26+,27+,30+,31+,32+,33+;;/m0../s1. The van der Waals surface area contributed by atoms with Gasteiger partial charge in [0.15, 0.2) is 28.3 Å². The van der Waals surface area contributed by atoms with Gasteiger partial charge in [0.05, 0.1) is 43.0 Å². The molecule has 4 heterocycles. The topological polar surface area (TPSA) is 400 Å². The molecule has 1 saturated heterocycles. The predicted molar refractivity (Wildman–Crippen MR) is 239 cm³/mol. The van der Waals surface area contributed by atoms with E-state index in [1.54, 1.807) is 23.2 Å². The average molecular weight is 1120 g/mol. The third kappa shape index (κ3) is 15.8. The highest BCUT2D eigenvalue weighted by Gasteiger charge is 2.39. The summed E-state index contributed by atoms with van der Waals surface area (Å²) in [5.41, 5.74) is 9.22. The largest absolute Gasteiger partial charge is 0.542 e. The summed E-state index contributed by atoms with van der Waals surface area (Å²) in [6, 6.07) is 4.91. The van der Waals surface area contributed by atoms with Gasteiger partial charge in [0.2, 0.25) is 6.41 Å². The van der Waals surface area contributed by atoms with Crippen LogP contribution in [0.4, 0.5) is 38.0 Å². The van der Waals surface area contributed by atoms with Crippen molar-refractivity contribution in [2.75, 3.05) is 50.0 Å². The zero-order valence-electron chi connectivity index (χ0n) is 38.7. The number of carboxylic acids is 2. The Bertz CT molecular complexity index is 2430. The Morgan fingerprint density at radius 2 is 1.38 bits per heavy atom. The maximum Gasteiger partial charge on any atom is 0.490 e. The number of aromatic amines is 1. The molecular formula is C41H56BrF6N9O16. The lowest BCUT2D eigenvalue weighted by atomic mass is 9.97. The molecule has 1 fully saturated rings. The normalized spacial score (nSPS) is 16.8. The van der Waals surface area contributed by atoms with Crippen LogP contribution in [0.2, 0.25) is 0 Å². The number of nitrogens with two attached hydrogens (primary N) is 1. The molecule has 8 atom stereocenters. The van der Waals surface area contributed by atoms with Crippen molar-refractivity contribution in [3.05, 3.63) is 40.3 Å². The molecule has 1 aromatic carbocycles. The first-order valence-electron chi connectivity index (χ1n) is 21.8. The van der Waals surface area contributed by atoms with E-state index in [9.17, 15) is 87.0 Å². The fourth-order valence-electron chi connectivity index (χ4n) is 7.65. The number of likely N-dealkylation sites (tertiary alicyclic amines) is 1. The molecule has 0 radical (unpaired) electrons. The number of amides is 2. The van der Waals surface area contributed by atoms with Crippen LogP contribution in [0.3, 0.4) is 0 Å². The lowest BCUT2D eigenvalue weighted by Gasteiger charge is -2.41. The lowest BCUT2D eigenvalue weighted by Crippen LogP contribution is -2.56. The van der Waals surface area contributed by atoms with Gasteiger partial charge in [-0.1, -0.05) is 0 Å². The number of hydrogen-bond donors (Lipinski definition) is 13. The summed E-state index contributed by atoms with van der Waals surface area (Å²) in [4.78, 5) is 60.7. The van der Waals surface area contributed by atoms with Crippen molar-refractivity contribution in [3.8, 4) is 0 Å². The van der Waals surface area contributed by atoms with Crippen LogP contribution in [0.15, 0.2) is 28.9 Å². The number of hydrogen-bond acceptors (Lipinski definition) is 19. The number of halogens is 7. The third-order valence-electron chi connectivity index (χ3n) is 11.5. The SMILES string of the molecule is CCn1c(CN(C=O)c2nc3c(Br)c[nH]c3nc2N)[n+](CC)c2ccc(C(=O)N3CCC(N(C[C@H](O)[C@@H](O)[C@H](O)[C@H](O)CO)C[C@H](O)[C@@H](O)[C@H](O)[C@H](O)CO)CC3)cc21.O=C(O)C(F)(F)F.O=C([O-])C(F)(F)F. The molecule has 0 aliphatic carbocycles. The number of benzene rings is 1. The molecule has 4 aromatic rings. The molecule has 3 aromatic heterocycles. The number of nitrogens with zero attached hydrogens (tertiary/aromatic N) is 7. The first kappa shape index (κ1) is 61.9. The number of fused-ring (bicyclic) bond motifs is 2. The molecular weight excluding hydrogens is 1070 g/mol. The number of carbonyl (C=O) groups is 4. The number of nitrogens with one attached hydrogen (secondary N) is 1. The van der Waals surface area contributed by atoms with E-state index in [-0.39, 0.29) is 37.2 Å². The van der Waals surface area contributed by atoms with Gasteiger partial charge in [-0.2, -0.15) is 26.3 Å². The molecule has 14 N–H and O–H groups in total. The van der Waals surface area contributed by atoms with Crippen LogP contribution >= 0.6 is 15.9 Å². The van der Waals surface area contributed by atoms with E-state index in [0.717, 1.165) is 16.9 Å². The second-order valence-electron chi connectivity index (χ2n) is 16.3. The highest BCUT2D eigenvalue weighted by Crippen LogP contribution is 2.29. The van der Waals surface area contributed by atoms with Crippen LogP contribution in [0.25, 0.3) is 22.2 Å². The Hall–Kier alpha value is -5.39. The molecule has 0 spiro atoms. The van der Waals surface area contributed by atoms with Gasteiger partial charge >= 0.3 is 18.3 Å². The number of H-pyrrole nitrogens is 1. The molecule has 25 nitrogen and oxygen atoms in total. The third-order valence-corrected chi connectivity index (χ3v) is 12.1. The summed E-state index contributed by atoms with van der Waals surface area (Å²) >= 11 is 3.44. The molecule has 5 rings (SSSR count). The van der Waals surface area contributed by atoms with E-state index in [1.807, 2.05) is 29.0 Å². The second kappa shape index (κ2) is 26.7. The second-order valence-corrected chi connectivity index (χ2v) is 17.1. The number of nitrogen functional groups attached to an aromatic ring is 1. The monoisotopic (exact) mass is 1120 g/mol. The maximum atomic E-state index is 14.0. The van der Waals surface area contributed by atoms with Gasteiger partial charge in [0, 0.05) is 50.0 Å². The van der Waals surface area contributed by atoms with Gasteiger partial charge in [0.1, 0.15) is 54.7 Å². The van der Waals surface area contributed by atoms with Crippen molar-refractivity contribution in [2.24, 2.45) is 0 Å². The first-order chi connectivity index (χ1) is 34.0. The zero-order valence-corrected chi connectivity index (χ0v) is 40.3. The van der Waals surface area contributed by atoms with Crippen molar-refractivity contribution in [3.63, 3.8) is 0 Å². The van der Waals surface area contributed by atoms with Crippen LogP contribution in [0, 0.1) is 0 Å². The summed E-state index contributed by atoms with van der Waals surface area (Å²) in [7, 11) is 0. The molecule has 1 aliphatic rings. The van der Waals surface area contributed by atoms with Crippen LogP contribution in [-0.4, -0.2) is 216 Å². The Labute approximate surface area is 417 Å². The number of rotatable bonds is 20. The van der Waals surface area contributed by atoms with Crippen LogP contribution in [0.5, 0.6) is 0 Å². The van der Waals surface area contributed by atoms with Gasteiger partial charge < -0.3 is 81.7 Å². The fourth-order valence-corrected chi connectivity index (χ4v) is 8.04. The summed E-state index contributed by atoms with van der Waals surface area (Å²) in [6.07, 6.45) is -22.0. The minimum atomic E-state index is -5.19. The Morgan fingerprint density at radius 1 is 0.890 bits per heavy atom. The number of imidazole rings is 1. The molecule has 410 valence electrons. The lowest BCUT2D eigenvalue weighted by molar-refractivity contribution is -0.676. The van der Waals surface area contributed by atoms with E-state index < -0.39 is 105 Å². The minimum absolute atomic E-state index is 0.0665. The first-order valence-corrected chi connectivity index (χ1v) is 22.6. The van der Waals surface area contributed by atoms with Gasteiger partial charge in [-0.15, -0.1) is 0 Å². The van der Waals surface area contributed by atoms with E-state index in [1.165, 1.54) is 9.80 Å². The summed E-state index contributed by atoms with van der Waals surface area (Å²) in [5.74, 6) is -5.01. The summed E-state index contributed by atoms with van der Waals surface area (Å²) in [6.45, 7) is 2.94. The van der Waals surface area contributed by atoms with Crippen molar-refractivity contribution < 1.29 is 111 Å². The number of carbonyl (C=O) groups excluding carboxylic acids is 3. The molecule has 32 heteroatoms. The summed E-state index contributed by atoms with van der Waals surface area (Å²) in [5, 5.41) is 117. The Balaban J connectivity index is 0.000000878. The highest BCUT2D eigenvalue weighted by molar-refractivity contribution is 9.10. The van der Waals surface area contributed by atoms with Crippen molar-refractivity contribution >= 4 is 74.0 Å². The van der Waals surface area contributed by atoms with Crippen LogP contribution in [-0.2, 0) is 34.0 Å².